The van der Waals surface area contributed by atoms with Crippen LogP contribution in [0.25, 0.3) is 66.8 Å². The van der Waals surface area contributed by atoms with Crippen molar-refractivity contribution in [2.24, 2.45) is 0 Å². The minimum absolute atomic E-state index is 0.137. The number of rotatable bonds is 17. The van der Waals surface area contributed by atoms with Gasteiger partial charge in [-0.05, 0) is 207 Å². The first-order valence-corrected chi connectivity index (χ1v) is 30.5. The molecule has 0 aliphatic carbocycles. The van der Waals surface area contributed by atoms with Crippen LogP contribution in [0.3, 0.4) is 0 Å². The van der Waals surface area contributed by atoms with E-state index < -0.39 is 13.8 Å². The summed E-state index contributed by atoms with van der Waals surface area (Å²) in [5.41, 5.74) is 25.6. The molecular formula is C72H90F2Si. The maximum atomic E-state index is 16.9. The Labute approximate surface area is 455 Å². The van der Waals surface area contributed by atoms with Crippen molar-refractivity contribution < 1.29 is 8.22 Å². The van der Waals surface area contributed by atoms with Gasteiger partial charge in [0.15, 0.2) is 0 Å². The van der Waals surface area contributed by atoms with Crippen LogP contribution in [0, 0.1) is 0 Å². The molecule has 0 spiro atoms. The maximum absolute atomic E-state index is 16.9. The lowest BCUT2D eigenvalue weighted by Crippen LogP contribution is -2.34. The Hall–Kier alpha value is -5.38. The summed E-state index contributed by atoms with van der Waals surface area (Å²) in [6.45, 7) is 42.0. The zero-order chi connectivity index (χ0) is 55.0. The van der Waals surface area contributed by atoms with Crippen molar-refractivity contribution in [2.75, 3.05) is 0 Å². The summed E-state index contributed by atoms with van der Waals surface area (Å²) in [6, 6.07) is 48.3. The molecule has 396 valence electrons. The molecule has 0 unspecified atom stereocenters. The maximum Gasteiger partial charge on any atom is 0.430 e. The summed E-state index contributed by atoms with van der Waals surface area (Å²) < 4.78 is 33.9. The fraction of sp³-hybridized carbons (Fsp3) is 0.417. The Balaban J connectivity index is 1.68. The second kappa shape index (κ2) is 23.1. The molecule has 0 atom stereocenters. The zero-order valence-corrected chi connectivity index (χ0v) is 50.4. The highest BCUT2D eigenvalue weighted by Crippen LogP contribution is 2.49. The number of hydrogen-bond acceptors (Lipinski definition) is 0. The van der Waals surface area contributed by atoms with E-state index in [-0.39, 0.29) is 12.5 Å². The smallest absolute Gasteiger partial charge is 0.270 e. The fourth-order valence-corrected chi connectivity index (χ4v) is 13.0. The molecule has 0 N–H and O–H groups in total. The molecule has 0 nitrogen and oxygen atoms in total. The van der Waals surface area contributed by atoms with E-state index in [2.05, 4.69) is 238 Å². The Kier molecular flexibility index (Phi) is 17.6. The summed E-state index contributed by atoms with van der Waals surface area (Å²) in [5, 5.41) is -1.08. The predicted octanol–water partition coefficient (Wildman–Crippen LogP) is 23.4. The van der Waals surface area contributed by atoms with Crippen LogP contribution in [0.1, 0.15) is 229 Å². The van der Waals surface area contributed by atoms with Gasteiger partial charge in [0, 0.05) is 11.1 Å². The molecule has 0 saturated heterocycles. The van der Waals surface area contributed by atoms with Crippen molar-refractivity contribution >= 4 is 8.74 Å². The first-order chi connectivity index (χ1) is 35.2. The van der Waals surface area contributed by atoms with Gasteiger partial charge in [0.1, 0.15) is 0 Å². The third-order valence-electron chi connectivity index (χ3n) is 16.1. The van der Waals surface area contributed by atoms with Gasteiger partial charge in [0.2, 0.25) is 0 Å². The van der Waals surface area contributed by atoms with Crippen LogP contribution in [0.15, 0.2) is 127 Å². The lowest BCUT2D eigenvalue weighted by atomic mass is 9.79. The highest BCUT2D eigenvalue weighted by molar-refractivity contribution is 6.69. The van der Waals surface area contributed by atoms with E-state index >= 15 is 8.22 Å². The summed E-state index contributed by atoms with van der Waals surface area (Å²) in [5.74, 6) is 2.33. The van der Waals surface area contributed by atoms with E-state index in [1.54, 1.807) is 20.8 Å². The van der Waals surface area contributed by atoms with E-state index in [1.807, 2.05) is 0 Å². The molecular weight excluding hydrogens is 931 g/mol. The fourth-order valence-electron chi connectivity index (χ4n) is 11.7. The van der Waals surface area contributed by atoms with E-state index in [1.165, 1.54) is 89.0 Å². The minimum Gasteiger partial charge on any atom is -0.270 e. The first kappa shape index (κ1) is 57.3. The molecule has 0 saturated carbocycles. The van der Waals surface area contributed by atoms with Crippen molar-refractivity contribution in [3.8, 4) is 66.8 Å². The third kappa shape index (κ3) is 12.0. The Morgan fingerprint density at radius 3 is 0.720 bits per heavy atom. The van der Waals surface area contributed by atoms with Gasteiger partial charge in [-0.1, -0.05) is 223 Å². The summed E-state index contributed by atoms with van der Waals surface area (Å²) in [7, 11) is -4.75. The Morgan fingerprint density at radius 2 is 0.520 bits per heavy atom. The van der Waals surface area contributed by atoms with Crippen LogP contribution in [0.2, 0.25) is 11.1 Å². The van der Waals surface area contributed by atoms with Crippen LogP contribution >= 0.6 is 0 Å². The van der Waals surface area contributed by atoms with Gasteiger partial charge < -0.3 is 0 Å². The second-order valence-electron chi connectivity index (χ2n) is 25.4. The van der Waals surface area contributed by atoms with Gasteiger partial charge in [0.25, 0.3) is 0 Å². The molecule has 0 aromatic heterocycles. The molecule has 3 heteroatoms. The monoisotopic (exact) mass is 1020 g/mol. The average Bonchev–Trinajstić information content (AvgIpc) is 3.36. The van der Waals surface area contributed by atoms with E-state index in [4.69, 9.17) is 0 Å². The number of halogens is 2. The summed E-state index contributed by atoms with van der Waals surface area (Å²) in [6.07, 6.45) is 0.264. The molecule has 7 aromatic rings. The first-order valence-electron chi connectivity index (χ1n) is 28.6. The van der Waals surface area contributed by atoms with Gasteiger partial charge in [-0.15, -0.1) is 0 Å². The average molecular weight is 1020 g/mol. The third-order valence-corrected chi connectivity index (χ3v) is 19.2. The summed E-state index contributed by atoms with van der Waals surface area (Å²) in [4.78, 5) is 0. The molecule has 0 aliphatic rings. The van der Waals surface area contributed by atoms with Crippen LogP contribution in [-0.2, 0) is 6.42 Å². The van der Waals surface area contributed by atoms with Gasteiger partial charge >= 0.3 is 8.74 Å². The lowest BCUT2D eigenvalue weighted by molar-refractivity contribution is 0.490. The van der Waals surface area contributed by atoms with Crippen molar-refractivity contribution in [1.82, 2.24) is 0 Å². The summed E-state index contributed by atoms with van der Waals surface area (Å²) >= 11 is 0. The van der Waals surface area contributed by atoms with E-state index in [9.17, 15) is 0 Å². The van der Waals surface area contributed by atoms with Crippen molar-refractivity contribution in [3.63, 3.8) is 0 Å². The van der Waals surface area contributed by atoms with Crippen LogP contribution in [-0.4, -0.2) is 8.74 Å². The predicted molar refractivity (Wildman–Crippen MR) is 328 cm³/mol. The highest BCUT2D eigenvalue weighted by Gasteiger charge is 2.48. The van der Waals surface area contributed by atoms with Crippen molar-refractivity contribution in [3.05, 3.63) is 177 Å². The molecule has 0 bridgehead atoms. The van der Waals surface area contributed by atoms with E-state index in [0.717, 1.165) is 27.8 Å². The molecule has 0 amide bonds. The largest absolute Gasteiger partial charge is 0.430 e. The Morgan fingerprint density at radius 1 is 0.320 bits per heavy atom. The van der Waals surface area contributed by atoms with Crippen molar-refractivity contribution in [1.29, 1.82) is 0 Å². The van der Waals surface area contributed by atoms with Gasteiger partial charge in [-0.25, -0.2) is 0 Å². The normalized spacial score (nSPS) is 12.6. The molecule has 0 radical (unpaired) electrons. The van der Waals surface area contributed by atoms with Crippen LogP contribution in [0.5, 0.6) is 0 Å². The van der Waals surface area contributed by atoms with Gasteiger partial charge in [0.05, 0.1) is 0 Å². The quantitative estimate of drug-likeness (QED) is 0.0630. The molecule has 0 aliphatic heterocycles. The van der Waals surface area contributed by atoms with E-state index in [0.29, 0.717) is 47.3 Å². The van der Waals surface area contributed by atoms with Crippen molar-refractivity contribution in [2.45, 2.75) is 196 Å². The van der Waals surface area contributed by atoms with Crippen LogP contribution in [0.4, 0.5) is 8.22 Å². The minimum atomic E-state index is -4.75. The highest BCUT2D eigenvalue weighted by atomic mass is 28.4. The standard InChI is InChI=1S/C72H90F2Si/c1-43(2)57-25-20-26-58(44(3)4)68(57)53-37-51(38-54(41-53)69-59(45(5)6)27-21-28-60(69)46(7)8)65-33-24-34-66(67(65)35-36-75(73,74)72(17,18)19)52-39-55(70-61(47(9)10)29-22-30-62(70)48(11)12)42-56(40-52)71-63(49(13)14)31-23-32-64(71)50(15)16/h20-34,37-50H,35-36H2,1-19H3. The number of benzene rings is 7. The van der Waals surface area contributed by atoms with Gasteiger partial charge in [-0.3, -0.25) is 8.22 Å². The lowest BCUT2D eigenvalue weighted by Gasteiger charge is -2.28. The molecule has 7 rings (SSSR count). The number of hydrogen-bond donors (Lipinski definition) is 0. The topological polar surface area (TPSA) is 0 Å². The molecule has 7 aromatic carbocycles. The molecule has 75 heavy (non-hydrogen) atoms. The molecule has 0 fully saturated rings. The van der Waals surface area contributed by atoms with Crippen LogP contribution < -0.4 is 0 Å². The SMILES string of the molecule is CC(C)c1cccc(C(C)C)c1-c1cc(-c2cccc(-c3cc(-c4c(C(C)C)cccc4C(C)C)cc(-c4c(C(C)C)cccc4C(C)C)c3)c2CC[Si](F)(F)C(C)(C)C)cc(-c2c(C(C)C)cccc2C(C)C)c1. The Bertz CT molecular complexity index is 2670. The molecule has 0 heterocycles. The second-order valence-corrected chi connectivity index (χ2v) is 28.8. The zero-order valence-electron chi connectivity index (χ0n) is 49.4. The van der Waals surface area contributed by atoms with Gasteiger partial charge in [-0.2, -0.15) is 0 Å².